The highest BCUT2D eigenvalue weighted by Crippen LogP contribution is 2.42. The van der Waals surface area contributed by atoms with Gasteiger partial charge in [0.1, 0.15) is 11.2 Å². The Labute approximate surface area is 177 Å². The molecule has 6 rings (SSSR count). The molecule has 1 heteroatoms. The minimum Gasteiger partial charge on any atom is -0.455 e. The normalized spacial score (nSPS) is 13.0. The maximum Gasteiger partial charge on any atom is 0.143 e. The fourth-order valence-corrected chi connectivity index (χ4v) is 4.93. The van der Waals surface area contributed by atoms with E-state index in [0.717, 1.165) is 23.2 Å². The summed E-state index contributed by atoms with van der Waals surface area (Å²) in [6.07, 6.45) is 1.02. The highest BCUT2D eigenvalue weighted by molar-refractivity contribution is 6.10. The zero-order valence-electron chi connectivity index (χ0n) is 17.6. The van der Waals surface area contributed by atoms with E-state index in [-0.39, 0.29) is 5.41 Å². The lowest BCUT2D eigenvalue weighted by atomic mass is 9.86. The van der Waals surface area contributed by atoms with Crippen LogP contribution in [0.25, 0.3) is 44.2 Å². The standard InChI is InChI=1S/C29H24O/c1-29(2,3)26-13-7-12-24-23-11-6-10-22(27(23)30-28(24)26)20-15-14-19-16-18-8-4-5-9-21(18)25(19)17-20/h4-15,17H,16H2,1-3H3. The van der Waals surface area contributed by atoms with Gasteiger partial charge in [-0.1, -0.05) is 93.6 Å². The van der Waals surface area contributed by atoms with E-state index in [1.807, 2.05) is 0 Å². The van der Waals surface area contributed by atoms with Crippen molar-refractivity contribution in [1.29, 1.82) is 0 Å². The molecule has 1 aliphatic carbocycles. The van der Waals surface area contributed by atoms with Crippen LogP contribution in [0.5, 0.6) is 0 Å². The third kappa shape index (κ3) is 2.48. The summed E-state index contributed by atoms with van der Waals surface area (Å²) in [5.41, 5.74) is 11.2. The zero-order valence-corrected chi connectivity index (χ0v) is 17.6. The predicted octanol–water partition coefficient (Wildman–Crippen LogP) is 8.12. The third-order valence-corrected chi connectivity index (χ3v) is 6.44. The van der Waals surface area contributed by atoms with Crippen LogP contribution in [-0.2, 0) is 11.8 Å². The lowest BCUT2D eigenvalue weighted by Gasteiger charge is -2.18. The van der Waals surface area contributed by atoms with Gasteiger partial charge in [0.25, 0.3) is 0 Å². The molecule has 1 aliphatic rings. The lowest BCUT2D eigenvalue weighted by molar-refractivity contribution is 0.573. The smallest absolute Gasteiger partial charge is 0.143 e. The van der Waals surface area contributed by atoms with Crippen LogP contribution < -0.4 is 0 Å². The molecule has 0 saturated carbocycles. The van der Waals surface area contributed by atoms with Gasteiger partial charge in [-0.15, -0.1) is 0 Å². The van der Waals surface area contributed by atoms with Gasteiger partial charge in [-0.25, -0.2) is 0 Å². The van der Waals surface area contributed by atoms with Crippen LogP contribution in [0.1, 0.15) is 37.5 Å². The summed E-state index contributed by atoms with van der Waals surface area (Å²) in [4.78, 5) is 0. The Hall–Kier alpha value is -3.32. The van der Waals surface area contributed by atoms with Crippen molar-refractivity contribution < 1.29 is 4.42 Å². The first kappa shape index (κ1) is 17.5. The largest absolute Gasteiger partial charge is 0.455 e. The van der Waals surface area contributed by atoms with Crippen molar-refractivity contribution in [2.75, 3.05) is 0 Å². The highest BCUT2D eigenvalue weighted by atomic mass is 16.3. The van der Waals surface area contributed by atoms with Gasteiger partial charge in [-0.05, 0) is 45.7 Å². The summed E-state index contributed by atoms with van der Waals surface area (Å²) < 4.78 is 6.58. The third-order valence-electron chi connectivity index (χ3n) is 6.44. The number of rotatable bonds is 1. The Morgan fingerprint density at radius 2 is 1.33 bits per heavy atom. The molecule has 0 amide bonds. The monoisotopic (exact) mass is 388 g/mol. The van der Waals surface area contributed by atoms with Crippen molar-refractivity contribution in [3.8, 4) is 22.3 Å². The van der Waals surface area contributed by atoms with Crippen molar-refractivity contribution in [1.82, 2.24) is 0 Å². The molecule has 0 bridgehead atoms. The molecule has 0 aliphatic heterocycles. The summed E-state index contributed by atoms with van der Waals surface area (Å²) in [5, 5.41) is 2.39. The summed E-state index contributed by atoms with van der Waals surface area (Å²) in [7, 11) is 0. The van der Waals surface area contributed by atoms with Crippen LogP contribution >= 0.6 is 0 Å². The molecule has 4 aromatic carbocycles. The maximum atomic E-state index is 6.58. The molecular formula is C29H24O. The molecule has 0 unspecified atom stereocenters. The Morgan fingerprint density at radius 1 is 0.633 bits per heavy atom. The molecule has 0 radical (unpaired) electrons. The zero-order chi connectivity index (χ0) is 20.5. The quantitative estimate of drug-likeness (QED) is 0.277. The fraction of sp³-hybridized carbons (Fsp3) is 0.172. The first-order valence-corrected chi connectivity index (χ1v) is 10.7. The van der Waals surface area contributed by atoms with E-state index in [4.69, 9.17) is 4.42 Å². The van der Waals surface area contributed by atoms with Gasteiger partial charge in [-0.3, -0.25) is 0 Å². The van der Waals surface area contributed by atoms with Crippen molar-refractivity contribution in [3.63, 3.8) is 0 Å². The van der Waals surface area contributed by atoms with Crippen molar-refractivity contribution >= 4 is 21.9 Å². The molecule has 0 spiro atoms. The van der Waals surface area contributed by atoms with E-state index in [0.29, 0.717) is 0 Å². The van der Waals surface area contributed by atoms with Gasteiger partial charge >= 0.3 is 0 Å². The second-order valence-electron chi connectivity index (χ2n) is 9.42. The molecule has 0 atom stereocenters. The SMILES string of the molecule is CC(C)(C)c1cccc2c1oc1c(-c3ccc4c(c3)-c3ccccc3C4)cccc12. The van der Waals surface area contributed by atoms with Crippen molar-refractivity contribution in [2.45, 2.75) is 32.6 Å². The van der Waals surface area contributed by atoms with Gasteiger partial charge in [0.15, 0.2) is 0 Å². The highest BCUT2D eigenvalue weighted by Gasteiger charge is 2.23. The summed E-state index contributed by atoms with van der Waals surface area (Å²) in [6, 6.07) is 28.7. The minimum atomic E-state index is 0.0326. The van der Waals surface area contributed by atoms with Gasteiger partial charge in [0, 0.05) is 21.9 Å². The van der Waals surface area contributed by atoms with Crippen LogP contribution in [0.4, 0.5) is 0 Å². The second kappa shape index (κ2) is 6.09. The molecule has 146 valence electrons. The molecule has 30 heavy (non-hydrogen) atoms. The minimum absolute atomic E-state index is 0.0326. The van der Waals surface area contributed by atoms with E-state index in [9.17, 15) is 0 Å². The van der Waals surface area contributed by atoms with Gasteiger partial charge in [0.2, 0.25) is 0 Å². The van der Waals surface area contributed by atoms with Crippen LogP contribution in [0, 0.1) is 0 Å². The molecule has 1 aromatic heterocycles. The molecule has 0 fully saturated rings. The van der Waals surface area contributed by atoms with Crippen molar-refractivity contribution in [3.05, 3.63) is 95.6 Å². The van der Waals surface area contributed by atoms with E-state index >= 15 is 0 Å². The van der Waals surface area contributed by atoms with Crippen molar-refractivity contribution in [2.24, 2.45) is 0 Å². The van der Waals surface area contributed by atoms with Crippen LogP contribution in [0.15, 0.2) is 83.3 Å². The number of hydrogen-bond acceptors (Lipinski definition) is 1. The number of hydrogen-bond donors (Lipinski definition) is 0. The van der Waals surface area contributed by atoms with E-state index < -0.39 is 0 Å². The fourth-order valence-electron chi connectivity index (χ4n) is 4.93. The summed E-state index contributed by atoms with van der Waals surface area (Å²) in [5.74, 6) is 0. The Balaban J connectivity index is 1.60. The van der Waals surface area contributed by atoms with E-state index in [2.05, 4.69) is 99.6 Å². The molecule has 5 aromatic rings. The van der Waals surface area contributed by atoms with Crippen LogP contribution in [0.3, 0.4) is 0 Å². The van der Waals surface area contributed by atoms with Gasteiger partial charge < -0.3 is 4.42 Å². The average Bonchev–Trinajstić information content (AvgIpc) is 3.30. The maximum absolute atomic E-state index is 6.58. The molecule has 0 saturated heterocycles. The second-order valence-corrected chi connectivity index (χ2v) is 9.42. The van der Waals surface area contributed by atoms with Crippen LogP contribution in [-0.4, -0.2) is 0 Å². The average molecular weight is 389 g/mol. The number of para-hydroxylation sites is 2. The lowest BCUT2D eigenvalue weighted by Crippen LogP contribution is -2.10. The summed E-state index contributed by atoms with van der Waals surface area (Å²) >= 11 is 0. The number of furan rings is 1. The first-order valence-electron chi connectivity index (χ1n) is 10.7. The Morgan fingerprint density at radius 3 is 2.17 bits per heavy atom. The Kier molecular flexibility index (Phi) is 3.56. The molecule has 1 heterocycles. The number of benzene rings is 4. The topological polar surface area (TPSA) is 13.1 Å². The van der Waals surface area contributed by atoms with E-state index in [1.165, 1.54) is 44.2 Å². The number of fused-ring (bicyclic) bond motifs is 6. The van der Waals surface area contributed by atoms with Gasteiger partial charge in [0.05, 0.1) is 0 Å². The molecule has 1 nitrogen and oxygen atoms in total. The van der Waals surface area contributed by atoms with Gasteiger partial charge in [-0.2, -0.15) is 0 Å². The summed E-state index contributed by atoms with van der Waals surface area (Å²) in [6.45, 7) is 6.73. The molecule has 0 N–H and O–H groups in total. The molecular weight excluding hydrogens is 364 g/mol. The van der Waals surface area contributed by atoms with E-state index in [1.54, 1.807) is 0 Å². The predicted molar refractivity (Wildman–Crippen MR) is 126 cm³/mol. The first-order chi connectivity index (χ1) is 14.5. The van der Waals surface area contributed by atoms with Crippen LogP contribution in [0.2, 0.25) is 0 Å². The Bertz CT molecular complexity index is 1440.